The van der Waals surface area contributed by atoms with Crippen molar-refractivity contribution in [3.63, 3.8) is 0 Å². The molecular formula is C19H17FN4O3. The van der Waals surface area contributed by atoms with Gasteiger partial charge in [-0.1, -0.05) is 12.1 Å². The lowest BCUT2D eigenvalue weighted by atomic mass is 10.2. The predicted molar refractivity (Wildman–Crippen MR) is 97.4 cm³/mol. The number of amides is 2. The van der Waals surface area contributed by atoms with E-state index in [1.54, 1.807) is 42.5 Å². The van der Waals surface area contributed by atoms with Crippen molar-refractivity contribution in [3.8, 4) is 11.5 Å². The first-order valence-corrected chi connectivity index (χ1v) is 8.26. The second-order valence-electron chi connectivity index (χ2n) is 5.79. The molecule has 0 bridgehead atoms. The van der Waals surface area contributed by atoms with Crippen LogP contribution in [0, 0.1) is 5.82 Å². The Bertz CT molecular complexity index is 954. The highest BCUT2D eigenvalue weighted by Crippen LogP contribution is 2.21. The maximum atomic E-state index is 13.7. The van der Waals surface area contributed by atoms with Gasteiger partial charge in [-0.25, -0.2) is 4.39 Å². The quantitative estimate of drug-likeness (QED) is 0.695. The molecule has 0 saturated heterocycles. The molecule has 1 heterocycles. The lowest BCUT2D eigenvalue weighted by molar-refractivity contribution is -0.116. The fourth-order valence-corrected chi connectivity index (χ4v) is 2.38. The SMILES string of the molecule is CC(=O)Nc1ccc(NC(=O)CCc2nnc(-c3ccccc3F)o2)cc1. The Morgan fingerprint density at radius 2 is 1.67 bits per heavy atom. The monoisotopic (exact) mass is 368 g/mol. The van der Waals surface area contributed by atoms with Gasteiger partial charge in [0.2, 0.25) is 17.7 Å². The average Bonchev–Trinajstić information content (AvgIpc) is 3.10. The largest absolute Gasteiger partial charge is 0.421 e. The summed E-state index contributed by atoms with van der Waals surface area (Å²) in [5.41, 5.74) is 1.47. The summed E-state index contributed by atoms with van der Waals surface area (Å²) >= 11 is 0. The van der Waals surface area contributed by atoms with E-state index in [9.17, 15) is 14.0 Å². The molecule has 0 aliphatic rings. The van der Waals surface area contributed by atoms with Crippen LogP contribution < -0.4 is 10.6 Å². The van der Waals surface area contributed by atoms with E-state index in [2.05, 4.69) is 20.8 Å². The summed E-state index contributed by atoms with van der Waals surface area (Å²) in [5, 5.41) is 13.1. The van der Waals surface area contributed by atoms with Gasteiger partial charge in [0.25, 0.3) is 5.89 Å². The first-order chi connectivity index (χ1) is 13.0. The summed E-state index contributed by atoms with van der Waals surface area (Å²) in [5.74, 6) is -0.511. The minimum Gasteiger partial charge on any atom is -0.421 e. The number of aromatic nitrogens is 2. The molecule has 0 radical (unpaired) electrons. The number of hydrogen-bond donors (Lipinski definition) is 2. The zero-order chi connectivity index (χ0) is 19.2. The number of benzene rings is 2. The van der Waals surface area contributed by atoms with Crippen molar-refractivity contribution in [3.05, 3.63) is 60.2 Å². The first kappa shape index (κ1) is 18.2. The van der Waals surface area contributed by atoms with E-state index in [1.807, 2.05) is 0 Å². The zero-order valence-electron chi connectivity index (χ0n) is 14.5. The van der Waals surface area contributed by atoms with Gasteiger partial charge in [-0.05, 0) is 36.4 Å². The molecular weight excluding hydrogens is 351 g/mol. The number of anilines is 2. The average molecular weight is 368 g/mol. The predicted octanol–water partition coefficient (Wildman–Crippen LogP) is 3.41. The molecule has 2 amide bonds. The third kappa shape index (κ3) is 4.97. The van der Waals surface area contributed by atoms with Crippen molar-refractivity contribution in [2.75, 3.05) is 10.6 Å². The van der Waals surface area contributed by atoms with Gasteiger partial charge in [-0.3, -0.25) is 9.59 Å². The summed E-state index contributed by atoms with van der Waals surface area (Å²) in [4.78, 5) is 23.0. The Morgan fingerprint density at radius 3 is 2.33 bits per heavy atom. The Hall–Kier alpha value is -3.55. The van der Waals surface area contributed by atoms with Gasteiger partial charge < -0.3 is 15.1 Å². The van der Waals surface area contributed by atoms with Crippen LogP contribution in [0.3, 0.4) is 0 Å². The molecule has 0 atom stereocenters. The van der Waals surface area contributed by atoms with Crippen LogP contribution in [0.1, 0.15) is 19.2 Å². The van der Waals surface area contributed by atoms with Gasteiger partial charge in [0.1, 0.15) is 5.82 Å². The number of halogens is 1. The summed E-state index contributed by atoms with van der Waals surface area (Å²) in [6, 6.07) is 12.9. The Labute approximate surface area is 154 Å². The highest BCUT2D eigenvalue weighted by molar-refractivity contribution is 5.92. The second-order valence-corrected chi connectivity index (χ2v) is 5.79. The molecule has 27 heavy (non-hydrogen) atoms. The van der Waals surface area contributed by atoms with Crippen molar-refractivity contribution in [2.45, 2.75) is 19.8 Å². The van der Waals surface area contributed by atoms with Gasteiger partial charge in [0.15, 0.2) is 0 Å². The van der Waals surface area contributed by atoms with Gasteiger partial charge >= 0.3 is 0 Å². The normalized spacial score (nSPS) is 10.4. The van der Waals surface area contributed by atoms with Crippen LogP contribution in [0.5, 0.6) is 0 Å². The molecule has 2 aromatic carbocycles. The molecule has 138 valence electrons. The third-order valence-corrected chi connectivity index (χ3v) is 3.63. The molecule has 0 aliphatic heterocycles. The summed E-state index contributed by atoms with van der Waals surface area (Å²) < 4.78 is 19.1. The van der Waals surface area contributed by atoms with E-state index in [0.717, 1.165) is 0 Å². The van der Waals surface area contributed by atoms with Crippen molar-refractivity contribution in [1.29, 1.82) is 0 Å². The Balaban J connectivity index is 1.54. The summed E-state index contributed by atoms with van der Waals surface area (Å²) in [6.45, 7) is 1.42. The van der Waals surface area contributed by atoms with Crippen LogP contribution >= 0.6 is 0 Å². The van der Waals surface area contributed by atoms with Crippen LogP contribution in [0.4, 0.5) is 15.8 Å². The Kier molecular flexibility index (Phi) is 5.55. The highest BCUT2D eigenvalue weighted by atomic mass is 19.1. The standard InChI is InChI=1S/C19H17FN4O3/c1-12(25)21-13-6-8-14(9-7-13)22-17(26)10-11-18-23-24-19(27-18)15-4-2-3-5-16(15)20/h2-9H,10-11H2,1H3,(H,21,25)(H,22,26). The number of carbonyl (C=O) groups excluding carboxylic acids is 2. The lowest BCUT2D eigenvalue weighted by Crippen LogP contribution is -2.12. The maximum Gasteiger partial charge on any atom is 0.250 e. The van der Waals surface area contributed by atoms with E-state index >= 15 is 0 Å². The minimum absolute atomic E-state index is 0.0806. The fourth-order valence-electron chi connectivity index (χ4n) is 2.38. The first-order valence-electron chi connectivity index (χ1n) is 8.26. The number of nitrogens with one attached hydrogen (secondary N) is 2. The molecule has 3 aromatic rings. The summed E-state index contributed by atoms with van der Waals surface area (Å²) in [6.07, 6.45) is 0.365. The summed E-state index contributed by atoms with van der Waals surface area (Å²) in [7, 11) is 0. The van der Waals surface area contributed by atoms with Crippen molar-refractivity contribution in [1.82, 2.24) is 10.2 Å². The van der Waals surface area contributed by atoms with Gasteiger partial charge in [-0.2, -0.15) is 0 Å². The van der Waals surface area contributed by atoms with Crippen molar-refractivity contribution < 1.29 is 18.4 Å². The topological polar surface area (TPSA) is 97.1 Å². The van der Waals surface area contributed by atoms with Crippen LogP contribution in [-0.4, -0.2) is 22.0 Å². The van der Waals surface area contributed by atoms with Crippen LogP contribution in [0.2, 0.25) is 0 Å². The molecule has 7 nitrogen and oxygen atoms in total. The van der Waals surface area contributed by atoms with E-state index in [1.165, 1.54) is 13.0 Å². The van der Waals surface area contributed by atoms with Crippen LogP contribution in [0.25, 0.3) is 11.5 Å². The van der Waals surface area contributed by atoms with Crippen LogP contribution in [0.15, 0.2) is 52.9 Å². The molecule has 8 heteroatoms. The molecule has 1 aromatic heterocycles. The molecule has 0 fully saturated rings. The maximum absolute atomic E-state index is 13.7. The second kappa shape index (κ2) is 8.22. The minimum atomic E-state index is -0.451. The fraction of sp³-hybridized carbons (Fsp3) is 0.158. The van der Waals surface area contributed by atoms with E-state index in [-0.39, 0.29) is 42.0 Å². The Morgan fingerprint density at radius 1 is 1.00 bits per heavy atom. The number of carbonyl (C=O) groups is 2. The zero-order valence-corrected chi connectivity index (χ0v) is 14.5. The van der Waals surface area contributed by atoms with Crippen molar-refractivity contribution >= 4 is 23.2 Å². The highest BCUT2D eigenvalue weighted by Gasteiger charge is 2.13. The molecule has 0 aliphatic carbocycles. The van der Waals surface area contributed by atoms with Crippen molar-refractivity contribution in [2.24, 2.45) is 0 Å². The number of nitrogens with zero attached hydrogens (tertiary/aromatic N) is 2. The molecule has 2 N–H and O–H groups in total. The van der Waals surface area contributed by atoms with E-state index in [4.69, 9.17) is 4.42 Å². The smallest absolute Gasteiger partial charge is 0.250 e. The van der Waals surface area contributed by atoms with E-state index < -0.39 is 5.82 Å². The third-order valence-electron chi connectivity index (χ3n) is 3.63. The molecule has 0 saturated carbocycles. The van der Waals surface area contributed by atoms with Crippen LogP contribution in [-0.2, 0) is 16.0 Å². The van der Waals surface area contributed by atoms with E-state index in [0.29, 0.717) is 11.4 Å². The van der Waals surface area contributed by atoms with Gasteiger partial charge in [-0.15, -0.1) is 10.2 Å². The molecule has 0 spiro atoms. The number of rotatable bonds is 6. The number of aryl methyl sites for hydroxylation is 1. The lowest BCUT2D eigenvalue weighted by Gasteiger charge is -2.06. The number of hydrogen-bond acceptors (Lipinski definition) is 5. The van der Waals surface area contributed by atoms with Gasteiger partial charge in [0.05, 0.1) is 5.56 Å². The molecule has 0 unspecified atom stereocenters. The van der Waals surface area contributed by atoms with Gasteiger partial charge in [0, 0.05) is 31.1 Å². The molecule has 3 rings (SSSR count).